The van der Waals surface area contributed by atoms with Gasteiger partial charge in [-0.05, 0) is 25.1 Å². The van der Waals surface area contributed by atoms with Crippen LogP contribution in [0.1, 0.15) is 6.92 Å². The molecule has 1 heterocycles. The predicted molar refractivity (Wildman–Crippen MR) is 73.0 cm³/mol. The molecule has 0 saturated heterocycles. The number of nitrogens with zero attached hydrogens (tertiary/aromatic N) is 3. The Morgan fingerprint density at radius 2 is 2.29 bits per heavy atom. The van der Waals surface area contributed by atoms with Gasteiger partial charge in [-0.3, -0.25) is 0 Å². The molecular formula is C11H12Cl2N4. The van der Waals surface area contributed by atoms with E-state index in [1.165, 1.54) is 0 Å². The van der Waals surface area contributed by atoms with Crippen molar-refractivity contribution in [1.82, 2.24) is 4.90 Å². The highest BCUT2D eigenvalue weighted by Crippen LogP contribution is 2.16. The molecule has 0 aliphatic carbocycles. The Morgan fingerprint density at radius 3 is 2.94 bits per heavy atom. The lowest BCUT2D eigenvalue weighted by molar-refractivity contribution is 0.425. The van der Waals surface area contributed by atoms with E-state index < -0.39 is 5.62 Å². The van der Waals surface area contributed by atoms with Crippen LogP contribution in [0.5, 0.6) is 0 Å². The zero-order chi connectivity index (χ0) is 12.3. The summed E-state index contributed by atoms with van der Waals surface area (Å²) in [5.41, 5.74) is 0.418. The topological polar surface area (TPSA) is 40.0 Å². The minimum absolute atomic E-state index is 0.417. The van der Waals surface area contributed by atoms with E-state index in [1.54, 1.807) is 12.4 Å². The molecule has 0 amide bonds. The Kier molecular flexibility index (Phi) is 3.86. The van der Waals surface area contributed by atoms with Gasteiger partial charge >= 0.3 is 0 Å². The molecule has 1 unspecified atom stereocenters. The number of guanidine groups is 1. The Labute approximate surface area is 110 Å². The molecule has 6 heteroatoms. The van der Waals surface area contributed by atoms with Gasteiger partial charge in [0.05, 0.1) is 6.34 Å². The van der Waals surface area contributed by atoms with Gasteiger partial charge < -0.3 is 10.2 Å². The van der Waals surface area contributed by atoms with Crippen LogP contribution in [0.3, 0.4) is 0 Å². The smallest absolute Gasteiger partial charge is 0.227 e. The van der Waals surface area contributed by atoms with Crippen LogP contribution in [0.25, 0.3) is 0 Å². The highest BCUT2D eigenvalue weighted by atomic mass is 35.5. The largest absolute Gasteiger partial charge is 0.328 e. The van der Waals surface area contributed by atoms with Crippen molar-refractivity contribution in [2.75, 3.05) is 11.9 Å². The van der Waals surface area contributed by atoms with Crippen LogP contribution < -0.4 is 5.32 Å². The molecule has 0 bridgehead atoms. The molecule has 2 rings (SSSR count). The number of halogens is 2. The van der Waals surface area contributed by atoms with Gasteiger partial charge in [-0.25, -0.2) is 9.98 Å². The quantitative estimate of drug-likeness (QED) is 0.663. The number of hydrogen-bond donors (Lipinski definition) is 1. The summed E-state index contributed by atoms with van der Waals surface area (Å²) in [6.07, 6.45) is 1.68. The van der Waals surface area contributed by atoms with Gasteiger partial charge in [0, 0.05) is 17.3 Å². The van der Waals surface area contributed by atoms with Crippen molar-refractivity contribution >= 4 is 41.2 Å². The summed E-state index contributed by atoms with van der Waals surface area (Å²) in [5, 5.41) is 3.71. The Hall–Kier alpha value is -1.26. The molecule has 0 radical (unpaired) electrons. The van der Waals surface area contributed by atoms with Gasteiger partial charge in [0.1, 0.15) is 0 Å². The molecule has 1 N–H and O–H groups in total. The summed E-state index contributed by atoms with van der Waals surface area (Å²) in [6, 6.07) is 7.35. The average Bonchev–Trinajstić information content (AvgIpc) is 2.29. The van der Waals surface area contributed by atoms with E-state index in [9.17, 15) is 0 Å². The van der Waals surface area contributed by atoms with Gasteiger partial charge in [-0.2, -0.15) is 0 Å². The number of nitrogens with one attached hydrogen (secondary N) is 1. The summed E-state index contributed by atoms with van der Waals surface area (Å²) in [7, 11) is 0. The molecule has 90 valence electrons. The van der Waals surface area contributed by atoms with Crippen LogP contribution in [0.4, 0.5) is 5.69 Å². The van der Waals surface area contributed by atoms with Crippen molar-refractivity contribution in [2.45, 2.75) is 12.5 Å². The maximum Gasteiger partial charge on any atom is 0.227 e. The molecule has 17 heavy (non-hydrogen) atoms. The summed E-state index contributed by atoms with van der Waals surface area (Å²) in [6.45, 7) is 2.76. The van der Waals surface area contributed by atoms with Crippen LogP contribution in [-0.4, -0.2) is 29.4 Å². The first-order chi connectivity index (χ1) is 8.19. The highest BCUT2D eigenvalue weighted by molar-refractivity contribution is 6.31. The van der Waals surface area contributed by atoms with E-state index in [2.05, 4.69) is 15.3 Å². The molecule has 1 aliphatic heterocycles. The molecule has 0 aromatic heterocycles. The van der Waals surface area contributed by atoms with E-state index in [4.69, 9.17) is 23.2 Å². The van der Waals surface area contributed by atoms with Crippen LogP contribution >= 0.6 is 23.2 Å². The fraction of sp³-hybridized carbons (Fsp3) is 0.273. The fourth-order valence-electron chi connectivity index (χ4n) is 1.38. The third-order valence-corrected chi connectivity index (χ3v) is 2.86. The first-order valence-electron chi connectivity index (χ1n) is 5.23. The predicted octanol–water partition coefficient (Wildman–Crippen LogP) is 2.99. The average molecular weight is 271 g/mol. The second-order valence-electron chi connectivity index (χ2n) is 3.47. The summed E-state index contributed by atoms with van der Waals surface area (Å²) >= 11 is 11.9. The highest BCUT2D eigenvalue weighted by Gasteiger charge is 2.15. The van der Waals surface area contributed by atoms with Gasteiger partial charge in [0.15, 0.2) is 0 Å². The normalized spacial score (nSPS) is 19.1. The Bertz CT molecular complexity index is 459. The number of benzene rings is 1. The molecule has 0 saturated carbocycles. The molecule has 4 nitrogen and oxygen atoms in total. The maximum atomic E-state index is 6.06. The first-order valence-corrected chi connectivity index (χ1v) is 6.05. The second kappa shape index (κ2) is 5.38. The number of alkyl halides is 1. The van der Waals surface area contributed by atoms with Gasteiger partial charge in [0.2, 0.25) is 11.6 Å². The van der Waals surface area contributed by atoms with Crippen molar-refractivity contribution in [3.05, 3.63) is 29.3 Å². The minimum Gasteiger partial charge on any atom is -0.328 e. The minimum atomic E-state index is -0.417. The number of anilines is 1. The van der Waals surface area contributed by atoms with Crippen molar-refractivity contribution in [2.24, 2.45) is 9.98 Å². The Balaban J connectivity index is 2.08. The molecule has 1 aromatic carbocycles. The molecule has 1 atom stereocenters. The Morgan fingerprint density at radius 1 is 1.47 bits per heavy atom. The molecule has 0 fully saturated rings. The summed E-state index contributed by atoms with van der Waals surface area (Å²) in [5.74, 6) is 0.483. The summed E-state index contributed by atoms with van der Waals surface area (Å²) in [4.78, 5) is 10.2. The van der Waals surface area contributed by atoms with Crippen molar-refractivity contribution < 1.29 is 0 Å². The molecule has 1 aromatic rings. The van der Waals surface area contributed by atoms with Crippen LogP contribution in [0.2, 0.25) is 5.02 Å². The lowest BCUT2D eigenvalue weighted by Gasteiger charge is -2.24. The number of hydrogen-bond acceptors (Lipinski definition) is 4. The van der Waals surface area contributed by atoms with E-state index in [0.717, 1.165) is 12.2 Å². The zero-order valence-electron chi connectivity index (χ0n) is 9.27. The molecular weight excluding hydrogens is 259 g/mol. The lowest BCUT2D eigenvalue weighted by Crippen LogP contribution is -2.34. The van der Waals surface area contributed by atoms with Crippen LogP contribution in [0, 0.1) is 0 Å². The number of rotatable bonds is 2. The monoisotopic (exact) mass is 270 g/mol. The zero-order valence-corrected chi connectivity index (χ0v) is 10.8. The summed E-state index contributed by atoms with van der Waals surface area (Å²) < 4.78 is 0. The van der Waals surface area contributed by atoms with E-state index in [0.29, 0.717) is 11.0 Å². The maximum absolute atomic E-state index is 6.06. The lowest BCUT2D eigenvalue weighted by atomic mass is 10.3. The van der Waals surface area contributed by atoms with Crippen molar-refractivity contribution in [3.63, 3.8) is 0 Å². The van der Waals surface area contributed by atoms with Gasteiger partial charge in [-0.1, -0.05) is 29.3 Å². The van der Waals surface area contributed by atoms with Crippen molar-refractivity contribution in [3.8, 4) is 0 Å². The van der Waals surface area contributed by atoms with E-state index in [1.807, 2.05) is 30.0 Å². The van der Waals surface area contributed by atoms with Gasteiger partial charge in [0.25, 0.3) is 0 Å². The second-order valence-corrected chi connectivity index (χ2v) is 4.30. The van der Waals surface area contributed by atoms with Gasteiger partial charge in [-0.15, -0.1) is 0 Å². The fourth-order valence-corrected chi connectivity index (χ4v) is 1.86. The molecule has 0 spiro atoms. The van der Waals surface area contributed by atoms with Crippen LogP contribution in [-0.2, 0) is 0 Å². The first kappa shape index (κ1) is 12.2. The SMILES string of the molecule is CCN1C=NC(Nc2cccc(Cl)c2)=NC1Cl. The standard InChI is InChI=1S/C11H12Cl2N4/c1-2-17-7-14-11(16-10(17)13)15-9-5-3-4-8(12)6-9/h3-7,10H,2H2,1H3,(H,15,16). The molecule has 1 aliphatic rings. The van der Waals surface area contributed by atoms with Crippen molar-refractivity contribution in [1.29, 1.82) is 0 Å². The third-order valence-electron chi connectivity index (χ3n) is 2.28. The third kappa shape index (κ3) is 3.11. The van der Waals surface area contributed by atoms with E-state index in [-0.39, 0.29) is 0 Å². The van der Waals surface area contributed by atoms with Crippen LogP contribution in [0.15, 0.2) is 34.3 Å². The number of aliphatic imine (C=N–C) groups is 2. The van der Waals surface area contributed by atoms with E-state index >= 15 is 0 Å².